The summed E-state index contributed by atoms with van der Waals surface area (Å²) in [5.74, 6) is 2.50. The second-order valence-corrected chi connectivity index (χ2v) is 3.86. The van der Waals surface area contributed by atoms with Crippen LogP contribution in [0.4, 0.5) is 0 Å². The molecule has 0 saturated carbocycles. The largest absolute Gasteiger partial charge is 0.369 e. The maximum Gasteiger partial charge on any atom is 0.176 e. The van der Waals surface area contributed by atoms with Crippen LogP contribution in [-0.2, 0) is 5.60 Å². The molecule has 0 fully saturated rings. The number of hydrogen-bond acceptors (Lipinski definition) is 1. The Kier molecular flexibility index (Phi) is 2.94. The van der Waals surface area contributed by atoms with Gasteiger partial charge in [-0.25, -0.2) is 0 Å². The van der Waals surface area contributed by atoms with Crippen LogP contribution in [0.15, 0.2) is 54.1 Å². The van der Waals surface area contributed by atoms with Crippen LogP contribution in [0.5, 0.6) is 0 Å². The summed E-state index contributed by atoms with van der Waals surface area (Å²) in [7, 11) is 0. The van der Waals surface area contributed by atoms with Gasteiger partial charge in [-0.1, -0.05) is 54.5 Å². The average Bonchev–Trinajstić information content (AvgIpc) is 2.40. The first-order chi connectivity index (χ1) is 7.77. The van der Waals surface area contributed by atoms with Gasteiger partial charge < -0.3 is 5.11 Å². The maximum atomic E-state index is 10.6. The van der Waals surface area contributed by atoms with Crippen LogP contribution in [0.3, 0.4) is 0 Å². The molecule has 1 atom stereocenters. The van der Waals surface area contributed by atoms with Gasteiger partial charge >= 0.3 is 0 Å². The Hall–Kier alpha value is -1.78. The number of terminal acetylenes is 1. The van der Waals surface area contributed by atoms with E-state index in [1.165, 1.54) is 0 Å². The molecule has 0 saturated heterocycles. The highest BCUT2D eigenvalue weighted by molar-refractivity contribution is 5.46. The van der Waals surface area contributed by atoms with E-state index in [0.717, 1.165) is 24.0 Å². The Labute approximate surface area is 96.1 Å². The van der Waals surface area contributed by atoms with Crippen LogP contribution in [0.1, 0.15) is 18.4 Å². The molecule has 80 valence electrons. The van der Waals surface area contributed by atoms with Gasteiger partial charge in [-0.15, -0.1) is 6.42 Å². The van der Waals surface area contributed by atoms with Crippen molar-refractivity contribution in [2.45, 2.75) is 18.4 Å². The van der Waals surface area contributed by atoms with E-state index in [2.05, 4.69) is 5.92 Å². The SMILES string of the molecule is C#CC(O)(C1=CCCC=C1)c1ccccc1. The van der Waals surface area contributed by atoms with Gasteiger partial charge in [-0.05, 0) is 18.4 Å². The summed E-state index contributed by atoms with van der Waals surface area (Å²) < 4.78 is 0. The minimum atomic E-state index is -1.29. The predicted octanol–water partition coefficient (Wildman–Crippen LogP) is 2.78. The molecule has 1 aromatic rings. The summed E-state index contributed by atoms with van der Waals surface area (Å²) in [6.07, 6.45) is 13.4. The molecular weight excluding hydrogens is 196 g/mol. The Morgan fingerprint density at radius 3 is 2.50 bits per heavy atom. The van der Waals surface area contributed by atoms with Gasteiger partial charge in [0.1, 0.15) is 0 Å². The molecule has 1 aromatic carbocycles. The zero-order chi connectivity index (χ0) is 11.4. The molecule has 1 unspecified atom stereocenters. The van der Waals surface area contributed by atoms with Crippen molar-refractivity contribution in [2.24, 2.45) is 0 Å². The van der Waals surface area contributed by atoms with Gasteiger partial charge in [-0.3, -0.25) is 0 Å². The molecule has 0 spiro atoms. The van der Waals surface area contributed by atoms with Gasteiger partial charge in [0, 0.05) is 5.56 Å². The third-order valence-corrected chi connectivity index (χ3v) is 2.81. The molecule has 0 aromatic heterocycles. The summed E-state index contributed by atoms with van der Waals surface area (Å²) in [6.45, 7) is 0. The molecular formula is C15H14O. The van der Waals surface area contributed by atoms with E-state index in [1.54, 1.807) is 0 Å². The number of hydrogen-bond donors (Lipinski definition) is 1. The van der Waals surface area contributed by atoms with E-state index in [9.17, 15) is 5.11 Å². The number of aliphatic hydroxyl groups is 1. The van der Waals surface area contributed by atoms with E-state index in [4.69, 9.17) is 6.42 Å². The van der Waals surface area contributed by atoms with Gasteiger partial charge in [0.2, 0.25) is 0 Å². The van der Waals surface area contributed by atoms with Crippen molar-refractivity contribution < 1.29 is 5.11 Å². The molecule has 0 heterocycles. The van der Waals surface area contributed by atoms with Crippen LogP contribution in [-0.4, -0.2) is 5.11 Å². The molecule has 0 bridgehead atoms. The standard InChI is InChI=1S/C15H14O/c1-2-15(16,13-9-5-3-6-10-13)14-11-7-4-8-12-14/h1,3,5-7,9-12,16H,4,8H2. The maximum absolute atomic E-state index is 10.6. The van der Waals surface area contributed by atoms with Crippen LogP contribution in [0.25, 0.3) is 0 Å². The Bertz CT molecular complexity index is 462. The van der Waals surface area contributed by atoms with E-state index >= 15 is 0 Å². The number of rotatable bonds is 2. The van der Waals surface area contributed by atoms with E-state index in [-0.39, 0.29) is 0 Å². The quantitative estimate of drug-likeness (QED) is 0.744. The first-order valence-electron chi connectivity index (χ1n) is 5.40. The second kappa shape index (κ2) is 4.38. The summed E-state index contributed by atoms with van der Waals surface area (Å²) in [5.41, 5.74) is 0.251. The Morgan fingerprint density at radius 1 is 1.19 bits per heavy atom. The van der Waals surface area contributed by atoms with Crippen molar-refractivity contribution in [1.82, 2.24) is 0 Å². The van der Waals surface area contributed by atoms with Crippen molar-refractivity contribution in [2.75, 3.05) is 0 Å². The first-order valence-corrected chi connectivity index (χ1v) is 5.40. The third kappa shape index (κ3) is 1.80. The predicted molar refractivity (Wildman–Crippen MR) is 65.6 cm³/mol. The zero-order valence-corrected chi connectivity index (χ0v) is 9.06. The van der Waals surface area contributed by atoms with Gasteiger partial charge in [-0.2, -0.15) is 0 Å². The van der Waals surface area contributed by atoms with Crippen molar-refractivity contribution in [1.29, 1.82) is 0 Å². The van der Waals surface area contributed by atoms with Crippen molar-refractivity contribution >= 4 is 0 Å². The summed E-state index contributed by atoms with van der Waals surface area (Å²) >= 11 is 0. The smallest absolute Gasteiger partial charge is 0.176 e. The van der Waals surface area contributed by atoms with Gasteiger partial charge in [0.25, 0.3) is 0 Å². The van der Waals surface area contributed by atoms with Crippen LogP contribution < -0.4 is 0 Å². The number of allylic oxidation sites excluding steroid dienone is 2. The molecule has 16 heavy (non-hydrogen) atoms. The van der Waals surface area contributed by atoms with E-state index < -0.39 is 5.60 Å². The molecule has 1 heteroatoms. The minimum Gasteiger partial charge on any atom is -0.369 e. The summed E-state index contributed by atoms with van der Waals surface area (Å²) in [4.78, 5) is 0. The highest BCUT2D eigenvalue weighted by atomic mass is 16.3. The fourth-order valence-corrected chi connectivity index (χ4v) is 1.89. The number of benzene rings is 1. The molecule has 1 nitrogen and oxygen atoms in total. The minimum absolute atomic E-state index is 0.746. The Morgan fingerprint density at radius 2 is 1.94 bits per heavy atom. The van der Waals surface area contributed by atoms with Crippen molar-refractivity contribution in [3.05, 3.63) is 59.7 Å². The molecule has 1 N–H and O–H groups in total. The van der Waals surface area contributed by atoms with E-state index in [1.807, 2.05) is 48.6 Å². The molecule has 0 radical (unpaired) electrons. The highest BCUT2D eigenvalue weighted by Gasteiger charge is 2.30. The van der Waals surface area contributed by atoms with Gasteiger partial charge in [0.05, 0.1) is 0 Å². The molecule has 1 aliphatic rings. The van der Waals surface area contributed by atoms with Crippen LogP contribution >= 0.6 is 0 Å². The molecule has 1 aliphatic carbocycles. The lowest BCUT2D eigenvalue weighted by atomic mass is 9.84. The average molecular weight is 210 g/mol. The summed E-state index contributed by atoms with van der Waals surface area (Å²) in [5, 5.41) is 10.6. The first kappa shape index (κ1) is 10.7. The third-order valence-electron chi connectivity index (χ3n) is 2.81. The lowest BCUT2D eigenvalue weighted by Gasteiger charge is -2.25. The summed E-state index contributed by atoms with van der Waals surface area (Å²) in [6, 6.07) is 9.37. The fourth-order valence-electron chi connectivity index (χ4n) is 1.89. The second-order valence-electron chi connectivity index (χ2n) is 3.86. The van der Waals surface area contributed by atoms with Gasteiger partial charge in [0.15, 0.2) is 5.60 Å². The lowest BCUT2D eigenvalue weighted by molar-refractivity contribution is 0.144. The van der Waals surface area contributed by atoms with Crippen molar-refractivity contribution in [3.8, 4) is 12.3 Å². The van der Waals surface area contributed by atoms with E-state index in [0.29, 0.717) is 0 Å². The molecule has 0 aliphatic heterocycles. The monoisotopic (exact) mass is 210 g/mol. The normalized spacial score (nSPS) is 18.4. The fraction of sp³-hybridized carbons (Fsp3) is 0.200. The zero-order valence-electron chi connectivity index (χ0n) is 9.06. The molecule has 0 amide bonds. The topological polar surface area (TPSA) is 20.2 Å². The lowest BCUT2D eigenvalue weighted by Crippen LogP contribution is -2.26. The highest BCUT2D eigenvalue weighted by Crippen LogP contribution is 2.31. The van der Waals surface area contributed by atoms with Crippen LogP contribution in [0.2, 0.25) is 0 Å². The molecule has 2 rings (SSSR count). The van der Waals surface area contributed by atoms with Crippen molar-refractivity contribution in [3.63, 3.8) is 0 Å². The Balaban J connectivity index is 2.45. The van der Waals surface area contributed by atoms with Crippen LogP contribution in [0, 0.1) is 12.3 Å².